The van der Waals surface area contributed by atoms with Gasteiger partial charge in [0.15, 0.2) is 4.67 Å². The molecule has 1 N–H and O–H groups in total. The zero-order valence-corrected chi connectivity index (χ0v) is 14.8. The Morgan fingerprint density at radius 3 is 2.67 bits per heavy atom. The van der Waals surface area contributed by atoms with E-state index in [1.54, 1.807) is 17.4 Å². The summed E-state index contributed by atoms with van der Waals surface area (Å²) < 4.78 is 6.81. The molecule has 0 aliphatic heterocycles. The topological polar surface area (TPSA) is 46.3 Å². The van der Waals surface area contributed by atoms with Crippen LogP contribution in [-0.2, 0) is 6.42 Å². The van der Waals surface area contributed by atoms with E-state index in [2.05, 4.69) is 36.8 Å². The van der Waals surface area contributed by atoms with Gasteiger partial charge in [-0.05, 0) is 37.9 Å². The van der Waals surface area contributed by atoms with Crippen LogP contribution in [0.1, 0.15) is 16.9 Å². The molecule has 0 aliphatic rings. The Hall–Kier alpha value is -0.950. The van der Waals surface area contributed by atoms with Gasteiger partial charge in [-0.2, -0.15) is 0 Å². The van der Waals surface area contributed by atoms with Gasteiger partial charge in [-0.1, -0.05) is 30.3 Å². The fraction of sp³-hybridized carbons (Fsp3) is 0.133. The zero-order chi connectivity index (χ0) is 14.8. The number of nitrogens with zero attached hydrogens (tertiary/aromatic N) is 1. The van der Waals surface area contributed by atoms with Gasteiger partial charge >= 0.3 is 0 Å². The van der Waals surface area contributed by atoms with Crippen molar-refractivity contribution >= 4 is 43.2 Å². The standard InChI is InChI=1S/C15H11Br2NO2S/c16-10-6-13(20-15(10)17)12(19)7-14-18-11(8-21-14)9-4-2-1-3-5-9/h1-6,8,12,19H,7H2. The fourth-order valence-electron chi connectivity index (χ4n) is 1.94. The first kappa shape index (κ1) is 15.0. The highest BCUT2D eigenvalue weighted by Crippen LogP contribution is 2.32. The highest BCUT2D eigenvalue weighted by atomic mass is 79.9. The Morgan fingerprint density at radius 2 is 2.00 bits per heavy atom. The average Bonchev–Trinajstić information content (AvgIpc) is 3.08. The number of furan rings is 1. The first-order valence-corrected chi connectivity index (χ1v) is 8.72. The molecule has 0 fully saturated rings. The molecule has 0 bridgehead atoms. The fourth-order valence-corrected chi connectivity index (χ4v) is 3.39. The van der Waals surface area contributed by atoms with Crippen LogP contribution in [0.3, 0.4) is 0 Å². The quantitative estimate of drug-likeness (QED) is 0.620. The van der Waals surface area contributed by atoms with Crippen molar-refractivity contribution in [1.29, 1.82) is 0 Å². The van der Waals surface area contributed by atoms with E-state index in [-0.39, 0.29) is 0 Å². The van der Waals surface area contributed by atoms with E-state index in [0.29, 0.717) is 16.9 Å². The van der Waals surface area contributed by atoms with E-state index in [1.807, 2.05) is 35.7 Å². The minimum absolute atomic E-state index is 0.434. The molecule has 1 aromatic carbocycles. The lowest BCUT2D eigenvalue weighted by atomic mass is 10.2. The number of hydrogen-bond donors (Lipinski definition) is 1. The molecule has 3 nitrogen and oxygen atoms in total. The SMILES string of the molecule is OC(Cc1nc(-c2ccccc2)cs1)c1cc(Br)c(Br)o1. The molecule has 0 amide bonds. The van der Waals surface area contributed by atoms with Gasteiger partial charge in [0.25, 0.3) is 0 Å². The molecular weight excluding hydrogens is 418 g/mol. The predicted molar refractivity (Wildman–Crippen MR) is 90.3 cm³/mol. The molecule has 0 saturated heterocycles. The van der Waals surface area contributed by atoms with Crippen LogP contribution in [-0.4, -0.2) is 10.1 Å². The summed E-state index contributed by atoms with van der Waals surface area (Å²) in [5, 5.41) is 13.1. The lowest BCUT2D eigenvalue weighted by molar-refractivity contribution is 0.148. The number of hydrogen-bond acceptors (Lipinski definition) is 4. The minimum Gasteiger partial charge on any atom is -0.450 e. The van der Waals surface area contributed by atoms with Crippen LogP contribution in [0.4, 0.5) is 0 Å². The summed E-state index contributed by atoms with van der Waals surface area (Å²) in [5.74, 6) is 0.519. The molecule has 1 unspecified atom stereocenters. The second-order valence-corrected chi connectivity index (χ2v) is 7.00. The average molecular weight is 429 g/mol. The third-order valence-electron chi connectivity index (χ3n) is 2.98. The van der Waals surface area contributed by atoms with Gasteiger partial charge < -0.3 is 9.52 Å². The molecule has 6 heteroatoms. The number of rotatable bonds is 4. The van der Waals surface area contributed by atoms with Crippen molar-refractivity contribution in [3.05, 3.63) is 61.7 Å². The van der Waals surface area contributed by atoms with Gasteiger partial charge in [0, 0.05) is 17.4 Å². The Balaban J connectivity index is 1.75. The smallest absolute Gasteiger partial charge is 0.183 e. The molecular formula is C15H11Br2NO2S. The van der Waals surface area contributed by atoms with Crippen LogP contribution in [0.5, 0.6) is 0 Å². The number of aliphatic hydroxyl groups is 1. The van der Waals surface area contributed by atoms with Crippen molar-refractivity contribution in [2.75, 3.05) is 0 Å². The second-order valence-electron chi connectivity index (χ2n) is 4.48. The van der Waals surface area contributed by atoms with E-state index in [1.165, 1.54) is 0 Å². The highest BCUT2D eigenvalue weighted by Gasteiger charge is 2.17. The van der Waals surface area contributed by atoms with Crippen molar-refractivity contribution in [2.24, 2.45) is 0 Å². The molecule has 2 heterocycles. The summed E-state index contributed by atoms with van der Waals surface area (Å²) in [4.78, 5) is 4.57. The van der Waals surface area contributed by atoms with Crippen LogP contribution in [0.25, 0.3) is 11.3 Å². The van der Waals surface area contributed by atoms with Crippen LogP contribution in [0.2, 0.25) is 0 Å². The van der Waals surface area contributed by atoms with Crippen molar-refractivity contribution < 1.29 is 9.52 Å². The molecule has 1 atom stereocenters. The van der Waals surface area contributed by atoms with Crippen molar-refractivity contribution in [1.82, 2.24) is 4.98 Å². The maximum Gasteiger partial charge on any atom is 0.183 e. The van der Waals surface area contributed by atoms with Crippen LogP contribution in [0.15, 0.2) is 55.3 Å². The normalized spacial score (nSPS) is 12.5. The van der Waals surface area contributed by atoms with E-state index >= 15 is 0 Å². The first-order chi connectivity index (χ1) is 10.1. The molecule has 0 radical (unpaired) electrons. The molecule has 0 saturated carbocycles. The lowest BCUT2D eigenvalue weighted by Gasteiger charge is -2.04. The van der Waals surface area contributed by atoms with Crippen LogP contribution >= 0.6 is 43.2 Å². The Morgan fingerprint density at radius 1 is 1.24 bits per heavy atom. The van der Waals surface area contributed by atoms with Crippen LogP contribution in [0, 0.1) is 0 Å². The molecule has 108 valence electrons. The first-order valence-electron chi connectivity index (χ1n) is 6.26. The predicted octanol–water partition coefficient (Wildman–Crippen LogP) is 5.20. The van der Waals surface area contributed by atoms with Gasteiger partial charge in [-0.15, -0.1) is 11.3 Å². The zero-order valence-electron chi connectivity index (χ0n) is 10.8. The highest BCUT2D eigenvalue weighted by molar-refractivity contribution is 9.13. The summed E-state index contributed by atoms with van der Waals surface area (Å²) in [5.41, 5.74) is 2.02. The van der Waals surface area contributed by atoms with E-state index in [0.717, 1.165) is 20.7 Å². The molecule has 3 aromatic rings. The summed E-state index contributed by atoms with van der Waals surface area (Å²) in [6.07, 6.45) is -0.272. The summed E-state index contributed by atoms with van der Waals surface area (Å²) in [6.45, 7) is 0. The lowest BCUT2D eigenvalue weighted by Crippen LogP contribution is -2.00. The number of halogens is 2. The van der Waals surface area contributed by atoms with E-state index in [9.17, 15) is 5.11 Å². The molecule has 2 aromatic heterocycles. The molecule has 21 heavy (non-hydrogen) atoms. The molecule has 0 aliphatic carbocycles. The third kappa shape index (κ3) is 3.45. The number of benzene rings is 1. The van der Waals surface area contributed by atoms with Crippen molar-refractivity contribution in [3.8, 4) is 11.3 Å². The van der Waals surface area contributed by atoms with Gasteiger partial charge in [0.05, 0.1) is 15.2 Å². The maximum atomic E-state index is 10.2. The molecule has 3 rings (SSSR count). The third-order valence-corrected chi connectivity index (χ3v) is 5.56. The Bertz CT molecular complexity index is 720. The number of thiazole rings is 1. The second kappa shape index (κ2) is 6.44. The van der Waals surface area contributed by atoms with Crippen molar-refractivity contribution in [2.45, 2.75) is 12.5 Å². The summed E-state index contributed by atoms with van der Waals surface area (Å²) in [7, 11) is 0. The van der Waals surface area contributed by atoms with E-state index < -0.39 is 6.10 Å². The van der Waals surface area contributed by atoms with Gasteiger partial charge in [0.2, 0.25) is 0 Å². The van der Waals surface area contributed by atoms with Gasteiger partial charge in [0.1, 0.15) is 11.9 Å². The summed E-state index contributed by atoms with van der Waals surface area (Å²) in [6, 6.07) is 11.8. The Kier molecular flexibility index (Phi) is 4.59. The largest absolute Gasteiger partial charge is 0.450 e. The summed E-state index contributed by atoms with van der Waals surface area (Å²) >= 11 is 8.15. The number of aliphatic hydroxyl groups excluding tert-OH is 1. The van der Waals surface area contributed by atoms with Gasteiger partial charge in [-0.25, -0.2) is 4.98 Å². The molecule has 0 spiro atoms. The van der Waals surface area contributed by atoms with E-state index in [4.69, 9.17) is 4.42 Å². The van der Waals surface area contributed by atoms with Crippen LogP contribution < -0.4 is 0 Å². The minimum atomic E-state index is -0.706. The number of aromatic nitrogens is 1. The Labute approximate surface area is 142 Å². The maximum absolute atomic E-state index is 10.2. The monoisotopic (exact) mass is 427 g/mol. The van der Waals surface area contributed by atoms with Gasteiger partial charge in [-0.3, -0.25) is 0 Å². The van der Waals surface area contributed by atoms with Crippen molar-refractivity contribution in [3.63, 3.8) is 0 Å².